The molecule has 0 N–H and O–H groups in total. The molecule has 0 saturated carbocycles. The maximum Gasteiger partial charge on any atom is 0.164 e. The van der Waals surface area contributed by atoms with Gasteiger partial charge in [-0.1, -0.05) is 127 Å². The zero-order valence-electron chi connectivity index (χ0n) is 29.5. The van der Waals surface area contributed by atoms with Crippen molar-refractivity contribution in [2.24, 2.45) is 0 Å². The van der Waals surface area contributed by atoms with Gasteiger partial charge in [0.25, 0.3) is 0 Å². The Labute approximate surface area is 316 Å². The van der Waals surface area contributed by atoms with Crippen LogP contribution in [0.4, 0.5) is 0 Å². The molecule has 0 fully saturated rings. The first-order valence-electron chi connectivity index (χ1n) is 18.4. The Morgan fingerprint density at radius 2 is 0.855 bits per heavy atom. The molecule has 55 heavy (non-hydrogen) atoms. The molecular formula is C50H30N4O. The van der Waals surface area contributed by atoms with Gasteiger partial charge in [-0.15, -0.1) is 0 Å². The van der Waals surface area contributed by atoms with E-state index < -0.39 is 0 Å². The average Bonchev–Trinajstić information content (AvgIpc) is 3.63. The molecule has 0 aliphatic heterocycles. The van der Waals surface area contributed by atoms with Crippen LogP contribution in [0.25, 0.3) is 111 Å². The second-order valence-electron chi connectivity index (χ2n) is 13.9. The third kappa shape index (κ3) is 5.41. The molecular weight excluding hydrogens is 673 g/mol. The van der Waals surface area contributed by atoms with E-state index in [9.17, 15) is 0 Å². The second kappa shape index (κ2) is 12.6. The lowest BCUT2D eigenvalue weighted by molar-refractivity contribution is 0.669. The van der Waals surface area contributed by atoms with E-state index in [2.05, 4.69) is 103 Å². The average molecular weight is 703 g/mol. The van der Waals surface area contributed by atoms with Gasteiger partial charge in [0.2, 0.25) is 0 Å². The molecule has 0 aliphatic carbocycles. The fourth-order valence-electron chi connectivity index (χ4n) is 7.75. The number of pyridine rings is 1. The second-order valence-corrected chi connectivity index (χ2v) is 13.9. The molecule has 256 valence electrons. The highest BCUT2D eigenvalue weighted by molar-refractivity contribution is 6.14. The van der Waals surface area contributed by atoms with Gasteiger partial charge in [0.05, 0.1) is 11.0 Å². The Hall–Kier alpha value is -7.50. The molecule has 5 heteroatoms. The predicted molar refractivity (Wildman–Crippen MR) is 225 cm³/mol. The first-order valence-corrected chi connectivity index (χ1v) is 18.4. The van der Waals surface area contributed by atoms with Crippen LogP contribution in [0.3, 0.4) is 0 Å². The summed E-state index contributed by atoms with van der Waals surface area (Å²) < 4.78 is 6.37. The number of furan rings is 1. The fourth-order valence-corrected chi connectivity index (χ4v) is 7.75. The molecule has 0 bridgehead atoms. The van der Waals surface area contributed by atoms with Crippen LogP contribution < -0.4 is 0 Å². The molecule has 8 aromatic carbocycles. The van der Waals surface area contributed by atoms with Crippen LogP contribution in [-0.4, -0.2) is 19.9 Å². The number of aromatic nitrogens is 4. The van der Waals surface area contributed by atoms with Crippen LogP contribution in [0, 0.1) is 0 Å². The van der Waals surface area contributed by atoms with E-state index in [4.69, 9.17) is 24.4 Å². The summed E-state index contributed by atoms with van der Waals surface area (Å²) in [4.78, 5) is 19.9. The van der Waals surface area contributed by atoms with Crippen molar-refractivity contribution >= 4 is 54.5 Å². The number of rotatable bonds is 5. The zero-order chi connectivity index (χ0) is 36.3. The normalized spacial score (nSPS) is 11.6. The van der Waals surface area contributed by atoms with E-state index in [1.807, 2.05) is 78.9 Å². The van der Waals surface area contributed by atoms with Gasteiger partial charge in [0.15, 0.2) is 17.5 Å². The van der Waals surface area contributed by atoms with Crippen molar-refractivity contribution in [2.45, 2.75) is 0 Å². The van der Waals surface area contributed by atoms with Gasteiger partial charge in [-0.3, -0.25) is 0 Å². The largest absolute Gasteiger partial charge is 0.456 e. The van der Waals surface area contributed by atoms with Crippen LogP contribution >= 0.6 is 0 Å². The minimum absolute atomic E-state index is 0.610. The number of benzene rings is 8. The van der Waals surface area contributed by atoms with E-state index >= 15 is 0 Å². The Bertz CT molecular complexity index is 3210. The van der Waals surface area contributed by atoms with Gasteiger partial charge in [0.1, 0.15) is 11.2 Å². The van der Waals surface area contributed by atoms with E-state index in [0.29, 0.717) is 17.5 Å². The molecule has 3 aromatic heterocycles. The van der Waals surface area contributed by atoms with Gasteiger partial charge in [-0.2, -0.15) is 0 Å². The smallest absolute Gasteiger partial charge is 0.164 e. The number of hydrogen-bond acceptors (Lipinski definition) is 5. The molecule has 0 spiro atoms. The highest BCUT2D eigenvalue weighted by Crippen LogP contribution is 2.39. The number of para-hydroxylation sites is 1. The molecule has 0 amide bonds. The zero-order valence-corrected chi connectivity index (χ0v) is 29.5. The fraction of sp³-hybridized carbons (Fsp3) is 0. The van der Waals surface area contributed by atoms with Crippen LogP contribution in [0.5, 0.6) is 0 Å². The van der Waals surface area contributed by atoms with Gasteiger partial charge in [-0.05, 0) is 82.2 Å². The number of hydrogen-bond donors (Lipinski definition) is 0. The lowest BCUT2D eigenvalue weighted by atomic mass is 9.92. The van der Waals surface area contributed by atoms with Crippen molar-refractivity contribution in [2.75, 3.05) is 0 Å². The highest BCUT2D eigenvalue weighted by atomic mass is 16.3. The molecule has 5 nitrogen and oxygen atoms in total. The van der Waals surface area contributed by atoms with E-state index in [0.717, 1.165) is 82.5 Å². The summed E-state index contributed by atoms with van der Waals surface area (Å²) in [6, 6.07) is 63.0. The Balaban J connectivity index is 1.03. The van der Waals surface area contributed by atoms with Crippen molar-refractivity contribution in [3.63, 3.8) is 0 Å². The van der Waals surface area contributed by atoms with Gasteiger partial charge < -0.3 is 4.42 Å². The maximum absolute atomic E-state index is 6.37. The first-order chi connectivity index (χ1) is 27.2. The van der Waals surface area contributed by atoms with Crippen LogP contribution in [-0.2, 0) is 0 Å². The van der Waals surface area contributed by atoms with Gasteiger partial charge in [0, 0.05) is 43.6 Å². The number of nitrogens with zero attached hydrogens (tertiary/aromatic N) is 4. The van der Waals surface area contributed by atoms with Crippen LogP contribution in [0.2, 0.25) is 0 Å². The molecule has 11 rings (SSSR count). The molecule has 0 radical (unpaired) electrons. The van der Waals surface area contributed by atoms with Crippen molar-refractivity contribution in [3.8, 4) is 56.4 Å². The van der Waals surface area contributed by atoms with Crippen molar-refractivity contribution in [3.05, 3.63) is 182 Å². The highest BCUT2D eigenvalue weighted by Gasteiger charge is 2.16. The Kier molecular flexibility index (Phi) is 7.10. The Morgan fingerprint density at radius 3 is 1.58 bits per heavy atom. The third-order valence-corrected chi connectivity index (χ3v) is 10.5. The Morgan fingerprint density at radius 1 is 0.309 bits per heavy atom. The van der Waals surface area contributed by atoms with E-state index in [1.165, 1.54) is 10.9 Å². The predicted octanol–water partition coefficient (Wildman–Crippen LogP) is 13.0. The standard InChI is InChI=1S/C50H30N4O/c1-3-12-31(13-4-1)48-52-49(32-14-5-2-6-15-32)54-50(53-48)37-23-25-46-43(29-37)42-28-34(22-24-45(42)55-46)33-17-11-18-35(26-33)41-30-38-27-36-16-7-10-21-44(36)51-47(38)40-20-9-8-19-39(40)41/h1-30H. The third-order valence-electron chi connectivity index (χ3n) is 10.5. The summed E-state index contributed by atoms with van der Waals surface area (Å²) in [5, 5.41) is 6.65. The molecule has 11 aromatic rings. The van der Waals surface area contributed by atoms with Crippen molar-refractivity contribution in [1.82, 2.24) is 19.9 Å². The minimum atomic E-state index is 0.610. The molecule has 0 aliphatic rings. The van der Waals surface area contributed by atoms with Crippen LogP contribution in [0.1, 0.15) is 0 Å². The lowest BCUT2D eigenvalue weighted by Gasteiger charge is -2.13. The summed E-state index contributed by atoms with van der Waals surface area (Å²) >= 11 is 0. The summed E-state index contributed by atoms with van der Waals surface area (Å²) in [6.45, 7) is 0. The summed E-state index contributed by atoms with van der Waals surface area (Å²) in [5.74, 6) is 1.87. The van der Waals surface area contributed by atoms with Crippen molar-refractivity contribution in [1.29, 1.82) is 0 Å². The SMILES string of the molecule is c1ccc(-c2nc(-c3ccccc3)nc(-c3ccc4oc5ccc(-c6cccc(-c7cc8cc9ccccc9nc8c8ccccc78)c6)cc5c4c3)n2)cc1. The molecule has 0 atom stereocenters. The molecule has 0 saturated heterocycles. The summed E-state index contributed by atoms with van der Waals surface area (Å²) in [5.41, 5.74) is 11.0. The van der Waals surface area contributed by atoms with Crippen LogP contribution in [0.15, 0.2) is 186 Å². The lowest BCUT2D eigenvalue weighted by Crippen LogP contribution is -2.00. The van der Waals surface area contributed by atoms with Crippen molar-refractivity contribution < 1.29 is 4.42 Å². The molecule has 0 unspecified atom stereocenters. The first kappa shape index (κ1) is 31.1. The summed E-state index contributed by atoms with van der Waals surface area (Å²) in [6.07, 6.45) is 0. The van der Waals surface area contributed by atoms with E-state index in [-0.39, 0.29) is 0 Å². The molecule has 3 heterocycles. The summed E-state index contributed by atoms with van der Waals surface area (Å²) in [7, 11) is 0. The quantitative estimate of drug-likeness (QED) is 0.132. The number of fused-ring (bicyclic) bond motifs is 7. The van der Waals surface area contributed by atoms with Gasteiger partial charge >= 0.3 is 0 Å². The van der Waals surface area contributed by atoms with Gasteiger partial charge in [-0.25, -0.2) is 19.9 Å². The minimum Gasteiger partial charge on any atom is -0.456 e. The monoisotopic (exact) mass is 702 g/mol. The van der Waals surface area contributed by atoms with E-state index in [1.54, 1.807) is 0 Å². The topological polar surface area (TPSA) is 64.7 Å². The maximum atomic E-state index is 6.37.